The first-order valence-electron chi connectivity index (χ1n) is 13.9. The Balaban J connectivity index is 0.00000252. The minimum absolute atomic E-state index is 0. The first-order chi connectivity index (χ1) is 23.4. The van der Waals surface area contributed by atoms with E-state index in [1.807, 2.05) is 0 Å². The Morgan fingerprint density at radius 1 is 0.679 bits per heavy atom. The van der Waals surface area contributed by atoms with E-state index < -0.39 is 68.3 Å². The number of fused-ring (bicyclic) bond motifs is 3. The molecule has 2 amide bonds. The van der Waals surface area contributed by atoms with Crippen LogP contribution in [-0.2, 0) is 30.4 Å². The Morgan fingerprint density at radius 2 is 1.30 bits per heavy atom. The number of hydrogen-bond donors (Lipinski definition) is 4. The molecule has 1 aliphatic carbocycles. The Hall–Kier alpha value is -2.70. The van der Waals surface area contributed by atoms with Gasteiger partial charge in [0.25, 0.3) is 0 Å². The molecule has 0 heterocycles. The van der Waals surface area contributed by atoms with Crippen molar-refractivity contribution in [3.8, 4) is 5.75 Å². The van der Waals surface area contributed by atoms with Crippen molar-refractivity contribution >= 4 is 92.6 Å². The van der Waals surface area contributed by atoms with Gasteiger partial charge < -0.3 is 29.4 Å². The summed E-state index contributed by atoms with van der Waals surface area (Å²) >= 11 is 0. The molecule has 0 bridgehead atoms. The summed E-state index contributed by atoms with van der Waals surface area (Å²) in [5, 5.41) is 19.5. The van der Waals surface area contributed by atoms with Crippen molar-refractivity contribution in [1.82, 2.24) is 0 Å². The third-order valence-electron chi connectivity index (χ3n) is 7.45. The van der Waals surface area contributed by atoms with Crippen LogP contribution in [0.3, 0.4) is 0 Å². The maximum absolute atomic E-state index is 13.4. The summed E-state index contributed by atoms with van der Waals surface area (Å²) in [7, 11) is -15.1. The fraction of sp³-hybridized carbons (Fsp3) is 0. The van der Waals surface area contributed by atoms with E-state index in [2.05, 4.69) is 21.2 Å². The molecule has 0 spiro atoms. The van der Waals surface area contributed by atoms with Crippen LogP contribution in [0.1, 0.15) is 15.9 Å². The molecule has 22 heteroatoms. The molecular weight excluding hydrogens is 786 g/mol. The molecule has 0 saturated carbocycles. The number of nitrogens with one attached hydrogen (secondary N) is 3. The molecule has 256 valence electrons. The van der Waals surface area contributed by atoms with Crippen LogP contribution in [0.15, 0.2) is 105 Å². The number of carbonyl (C=O) groups is 2. The molecule has 4 N–H and O–H groups in total. The molecular formula is C31H19N4Na3O12S3. The van der Waals surface area contributed by atoms with Crippen LogP contribution in [0, 0.1) is 0 Å². The quantitative estimate of drug-likeness (QED) is 0.0681. The molecule has 6 rings (SSSR count). The van der Waals surface area contributed by atoms with Crippen LogP contribution >= 0.6 is 0 Å². The van der Waals surface area contributed by atoms with Gasteiger partial charge in [-0.1, -0.05) is 24.3 Å². The Labute approximate surface area is 368 Å². The van der Waals surface area contributed by atoms with Gasteiger partial charge in [-0.05, 0) is 77.7 Å². The summed E-state index contributed by atoms with van der Waals surface area (Å²) in [5.41, 5.74) is 1.86. The third kappa shape index (κ3) is 9.76. The number of rotatable bonds is 7. The Bertz CT molecular complexity index is 2730. The van der Waals surface area contributed by atoms with Gasteiger partial charge in [-0.15, -0.1) is 0 Å². The van der Waals surface area contributed by atoms with Gasteiger partial charge in [0.1, 0.15) is 41.8 Å². The largest absolute Gasteiger partial charge is 1.00 e. The summed E-state index contributed by atoms with van der Waals surface area (Å²) in [4.78, 5) is 24.0. The van der Waals surface area contributed by atoms with Gasteiger partial charge in [0.15, 0.2) is 0 Å². The number of Topliss-reactive ketones (excluding diaryl/α,β-unsaturated/α-hetero) is 1. The molecule has 1 aliphatic rings. The van der Waals surface area contributed by atoms with E-state index in [0.29, 0.717) is 0 Å². The Morgan fingerprint density at radius 3 is 1.92 bits per heavy atom. The molecule has 0 unspecified atom stereocenters. The summed E-state index contributed by atoms with van der Waals surface area (Å²) in [5.74, 6) is -1.43. The maximum Gasteiger partial charge on any atom is 1.00 e. The number of phenols is 1. The maximum atomic E-state index is 13.4. The number of nitrogens with zero attached hydrogens (tertiary/aromatic N) is 1. The van der Waals surface area contributed by atoms with Crippen molar-refractivity contribution in [2.45, 2.75) is 9.79 Å². The van der Waals surface area contributed by atoms with Crippen LogP contribution in [0.4, 0.5) is 21.9 Å². The summed E-state index contributed by atoms with van der Waals surface area (Å²) < 4.78 is 106. The molecule has 5 aromatic carbocycles. The molecule has 5 aromatic rings. The second-order valence-corrected chi connectivity index (χ2v) is 14.8. The molecule has 0 fully saturated rings. The van der Waals surface area contributed by atoms with Gasteiger partial charge in [0, 0.05) is 33.1 Å². The van der Waals surface area contributed by atoms with E-state index in [1.54, 1.807) is 0 Å². The monoisotopic (exact) mass is 804 g/mol. The number of aromatic hydroxyl groups is 1. The predicted octanol–water partition coefficient (Wildman–Crippen LogP) is -5.29. The molecule has 0 radical (unpaired) electrons. The second-order valence-electron chi connectivity index (χ2n) is 10.7. The van der Waals surface area contributed by atoms with Gasteiger partial charge in [-0.3, -0.25) is 10.2 Å². The minimum Gasteiger partial charge on any atom is -0.744 e. The van der Waals surface area contributed by atoms with Crippen LogP contribution in [0.25, 0.3) is 27.6 Å². The second kappa shape index (κ2) is 17.0. The SMILES string of the molecule is O=C(Nc1ccc2c(c1)C=C(S(=O)(=O)[O-])/C(=N/Nc1ccc(S(=O)(=O)[O-])c3ccccc13)C2=O)Nc1ccc2c(O)cc(S(=O)(=O)[O-])cc2c1.[Na+].[Na+].[Na+]. The summed E-state index contributed by atoms with van der Waals surface area (Å²) in [6.45, 7) is 0. The van der Waals surface area contributed by atoms with Crippen LogP contribution in [-0.4, -0.2) is 61.5 Å². The number of carbonyl (C=O) groups excluding carboxylic acids is 2. The smallest absolute Gasteiger partial charge is 0.744 e. The normalized spacial score (nSPS) is 13.5. The first kappa shape index (κ1) is 44.7. The summed E-state index contributed by atoms with van der Waals surface area (Å²) in [6.07, 6.45) is 0.894. The van der Waals surface area contributed by atoms with Gasteiger partial charge in [0.05, 0.1) is 20.4 Å². The number of hydrazone groups is 1. The van der Waals surface area contributed by atoms with E-state index in [0.717, 1.165) is 24.3 Å². The van der Waals surface area contributed by atoms with Crippen LogP contribution in [0.2, 0.25) is 0 Å². The van der Waals surface area contributed by atoms with Gasteiger partial charge >= 0.3 is 94.7 Å². The zero-order chi connectivity index (χ0) is 36.2. The van der Waals surface area contributed by atoms with Crippen molar-refractivity contribution in [3.05, 3.63) is 101 Å². The van der Waals surface area contributed by atoms with E-state index in [9.17, 15) is 53.6 Å². The fourth-order valence-electron chi connectivity index (χ4n) is 5.25. The molecule has 0 atom stereocenters. The van der Waals surface area contributed by atoms with Crippen molar-refractivity contribution in [2.24, 2.45) is 5.10 Å². The number of urea groups is 1. The van der Waals surface area contributed by atoms with E-state index >= 15 is 0 Å². The number of allylic oxidation sites excluding steroid dienone is 1. The van der Waals surface area contributed by atoms with Crippen molar-refractivity contribution in [1.29, 1.82) is 0 Å². The summed E-state index contributed by atoms with van der Waals surface area (Å²) in [6, 6.07) is 16.9. The number of anilines is 3. The predicted molar refractivity (Wildman–Crippen MR) is 178 cm³/mol. The van der Waals surface area contributed by atoms with Gasteiger partial charge in [-0.2, -0.15) is 5.10 Å². The molecule has 0 aromatic heterocycles. The molecule has 0 saturated heterocycles. The van der Waals surface area contributed by atoms with Gasteiger partial charge in [-0.25, -0.2) is 30.0 Å². The number of benzene rings is 5. The number of hydrogen-bond acceptors (Lipinski definition) is 14. The number of amides is 2. The Kier molecular flexibility index (Phi) is 14.3. The molecule has 0 aliphatic heterocycles. The molecule has 16 nitrogen and oxygen atoms in total. The fourth-order valence-corrected chi connectivity index (χ4v) is 7.11. The topological polar surface area (TPSA) is 274 Å². The van der Waals surface area contributed by atoms with Crippen LogP contribution < -0.4 is 105 Å². The van der Waals surface area contributed by atoms with Crippen molar-refractivity contribution in [2.75, 3.05) is 16.1 Å². The number of phenolic OH excluding ortho intramolecular Hbond substituents is 1. The van der Waals surface area contributed by atoms with Crippen molar-refractivity contribution < 1.29 is 142 Å². The zero-order valence-electron chi connectivity index (χ0n) is 27.8. The zero-order valence-corrected chi connectivity index (χ0v) is 36.2. The van der Waals surface area contributed by atoms with E-state index in [1.165, 1.54) is 66.7 Å². The standard InChI is InChI=1S/C31H22N4O12S3.3Na/c36-26-15-20(48(39,40)41)13-16-11-18(5-7-21(16)26)32-31(38)33-19-6-8-22-17(12-19)14-28(50(45,46)47)29(30(22)37)35-34-25-9-10-27(49(42,43)44)24-4-2-1-3-23(24)25;;;/h1-15,34,36H,(H2,32,33,38)(H,39,40,41)(H,42,43,44)(H,45,46,47);;;/q;3*+1/p-3/b35-29-;;;. The van der Waals surface area contributed by atoms with Crippen molar-refractivity contribution in [3.63, 3.8) is 0 Å². The van der Waals surface area contributed by atoms with E-state index in [-0.39, 0.29) is 138 Å². The average Bonchev–Trinajstić information content (AvgIpc) is 3.02. The first-order valence-corrected chi connectivity index (χ1v) is 18.1. The van der Waals surface area contributed by atoms with Crippen LogP contribution in [0.5, 0.6) is 5.75 Å². The number of ketones is 1. The van der Waals surface area contributed by atoms with Gasteiger partial charge in [0.2, 0.25) is 5.78 Å². The third-order valence-corrected chi connectivity index (χ3v) is 10.0. The average molecular weight is 805 g/mol. The molecule has 53 heavy (non-hydrogen) atoms. The minimum atomic E-state index is -5.31. The van der Waals surface area contributed by atoms with E-state index in [4.69, 9.17) is 0 Å².